The van der Waals surface area contributed by atoms with Crippen LogP contribution in [0.25, 0.3) is 0 Å². The van der Waals surface area contributed by atoms with Crippen LogP contribution in [0.4, 0.5) is 0 Å². The molecule has 4 heteroatoms. The van der Waals surface area contributed by atoms with Crippen LogP contribution in [0.2, 0.25) is 0 Å². The Balaban J connectivity index is 1.97. The van der Waals surface area contributed by atoms with Crippen LogP contribution in [0.1, 0.15) is 17.5 Å². The zero-order chi connectivity index (χ0) is 14.5. The van der Waals surface area contributed by atoms with E-state index in [2.05, 4.69) is 30.0 Å². The minimum atomic E-state index is 0.578. The molecule has 1 atom stereocenters. The monoisotopic (exact) mass is 277 g/mol. The number of benzene rings is 1. The molecule has 2 N–H and O–H groups in total. The summed E-state index contributed by atoms with van der Waals surface area (Å²) in [6.45, 7) is 5.07. The lowest BCUT2D eigenvalue weighted by molar-refractivity contribution is 0.263. The predicted molar refractivity (Wildman–Crippen MR) is 82.8 cm³/mol. The Bertz CT molecular complexity index is 436. The van der Waals surface area contributed by atoms with E-state index in [-0.39, 0.29) is 0 Å². The number of ether oxygens (including phenoxy) is 1. The lowest BCUT2D eigenvalue weighted by Gasteiger charge is -2.22. The van der Waals surface area contributed by atoms with Crippen molar-refractivity contribution in [3.63, 3.8) is 0 Å². The SMILES string of the molecule is COc1ccc(CN)cc1CN(C)CC1CCN(C)C1. The Morgan fingerprint density at radius 1 is 1.45 bits per heavy atom. The van der Waals surface area contributed by atoms with Gasteiger partial charge in [-0.1, -0.05) is 6.07 Å². The quantitative estimate of drug-likeness (QED) is 0.856. The average molecular weight is 277 g/mol. The first-order valence-corrected chi connectivity index (χ1v) is 7.35. The van der Waals surface area contributed by atoms with Crippen molar-refractivity contribution in [2.45, 2.75) is 19.5 Å². The molecule has 0 bridgehead atoms. The molecule has 112 valence electrons. The molecule has 0 saturated carbocycles. The smallest absolute Gasteiger partial charge is 0.123 e. The minimum absolute atomic E-state index is 0.578. The van der Waals surface area contributed by atoms with Gasteiger partial charge >= 0.3 is 0 Å². The van der Waals surface area contributed by atoms with E-state index in [0.29, 0.717) is 6.54 Å². The predicted octanol–water partition coefficient (Wildman–Crippen LogP) is 1.54. The number of hydrogen-bond acceptors (Lipinski definition) is 4. The zero-order valence-corrected chi connectivity index (χ0v) is 12.9. The molecule has 1 heterocycles. The van der Waals surface area contributed by atoms with Crippen LogP contribution < -0.4 is 10.5 Å². The standard InChI is InChI=1S/C16H27N3O/c1-18-7-6-14(10-18)11-19(2)12-15-8-13(9-17)4-5-16(15)20-3/h4-5,8,14H,6-7,9-12,17H2,1-3H3. The molecule has 1 aliphatic rings. The highest BCUT2D eigenvalue weighted by atomic mass is 16.5. The van der Waals surface area contributed by atoms with Crippen LogP contribution in [-0.2, 0) is 13.1 Å². The lowest BCUT2D eigenvalue weighted by atomic mass is 10.1. The first-order chi connectivity index (χ1) is 9.62. The molecule has 1 aromatic carbocycles. The summed E-state index contributed by atoms with van der Waals surface area (Å²) in [7, 11) is 6.12. The highest BCUT2D eigenvalue weighted by molar-refractivity contribution is 5.37. The van der Waals surface area contributed by atoms with Gasteiger partial charge in [0.2, 0.25) is 0 Å². The van der Waals surface area contributed by atoms with E-state index in [1.165, 1.54) is 25.1 Å². The first kappa shape index (κ1) is 15.3. The van der Waals surface area contributed by atoms with Crippen molar-refractivity contribution >= 4 is 0 Å². The lowest BCUT2D eigenvalue weighted by Crippen LogP contribution is -2.27. The zero-order valence-electron chi connectivity index (χ0n) is 12.9. The Morgan fingerprint density at radius 3 is 2.85 bits per heavy atom. The fourth-order valence-corrected chi connectivity index (χ4v) is 3.05. The van der Waals surface area contributed by atoms with Crippen molar-refractivity contribution in [1.29, 1.82) is 0 Å². The van der Waals surface area contributed by atoms with E-state index in [0.717, 1.165) is 30.3 Å². The highest BCUT2D eigenvalue weighted by Crippen LogP contribution is 2.22. The molecule has 1 fully saturated rings. The van der Waals surface area contributed by atoms with Gasteiger partial charge in [0, 0.05) is 31.7 Å². The maximum Gasteiger partial charge on any atom is 0.123 e. The Hall–Kier alpha value is -1.10. The molecular weight excluding hydrogens is 250 g/mol. The second kappa shape index (κ2) is 7.07. The van der Waals surface area contributed by atoms with Gasteiger partial charge in [0.05, 0.1) is 7.11 Å². The van der Waals surface area contributed by atoms with Crippen LogP contribution in [0, 0.1) is 5.92 Å². The van der Waals surface area contributed by atoms with Gasteiger partial charge in [-0.2, -0.15) is 0 Å². The van der Waals surface area contributed by atoms with Gasteiger partial charge in [-0.15, -0.1) is 0 Å². The van der Waals surface area contributed by atoms with Crippen LogP contribution in [0.15, 0.2) is 18.2 Å². The summed E-state index contributed by atoms with van der Waals surface area (Å²) in [6.07, 6.45) is 1.31. The van der Waals surface area contributed by atoms with Gasteiger partial charge in [-0.05, 0) is 50.7 Å². The number of likely N-dealkylation sites (tertiary alicyclic amines) is 1. The van der Waals surface area contributed by atoms with Gasteiger partial charge in [0.1, 0.15) is 5.75 Å². The van der Waals surface area contributed by atoms with E-state index in [9.17, 15) is 0 Å². The minimum Gasteiger partial charge on any atom is -0.496 e. The third kappa shape index (κ3) is 3.95. The van der Waals surface area contributed by atoms with Gasteiger partial charge in [0.25, 0.3) is 0 Å². The summed E-state index contributed by atoms with van der Waals surface area (Å²) in [5.41, 5.74) is 8.12. The fraction of sp³-hybridized carbons (Fsp3) is 0.625. The number of rotatable bonds is 6. The van der Waals surface area contributed by atoms with Crippen molar-refractivity contribution < 1.29 is 4.74 Å². The van der Waals surface area contributed by atoms with Crippen molar-refractivity contribution in [3.05, 3.63) is 29.3 Å². The van der Waals surface area contributed by atoms with Gasteiger partial charge < -0.3 is 20.3 Å². The fourth-order valence-electron chi connectivity index (χ4n) is 3.05. The van der Waals surface area contributed by atoms with Gasteiger partial charge in [0.15, 0.2) is 0 Å². The Kier molecular flexibility index (Phi) is 5.40. The van der Waals surface area contributed by atoms with E-state index < -0.39 is 0 Å². The normalized spacial score (nSPS) is 19.8. The molecule has 0 amide bonds. The number of methoxy groups -OCH3 is 1. The highest BCUT2D eigenvalue weighted by Gasteiger charge is 2.21. The van der Waals surface area contributed by atoms with E-state index in [1.807, 2.05) is 12.1 Å². The molecule has 0 radical (unpaired) electrons. The largest absolute Gasteiger partial charge is 0.496 e. The van der Waals surface area contributed by atoms with Crippen molar-refractivity contribution in [3.8, 4) is 5.75 Å². The average Bonchev–Trinajstić information content (AvgIpc) is 2.83. The molecule has 0 aliphatic carbocycles. The van der Waals surface area contributed by atoms with E-state index >= 15 is 0 Å². The number of nitrogens with two attached hydrogens (primary N) is 1. The number of nitrogens with zero attached hydrogens (tertiary/aromatic N) is 2. The summed E-state index contributed by atoms with van der Waals surface area (Å²) in [5.74, 6) is 1.74. The second-order valence-electron chi connectivity index (χ2n) is 5.96. The number of hydrogen-bond donors (Lipinski definition) is 1. The molecule has 1 aromatic rings. The van der Waals surface area contributed by atoms with Crippen LogP contribution in [-0.4, -0.2) is 50.6 Å². The first-order valence-electron chi connectivity index (χ1n) is 7.35. The molecule has 4 nitrogen and oxygen atoms in total. The summed E-state index contributed by atoms with van der Waals surface area (Å²) < 4.78 is 5.46. The molecule has 2 rings (SSSR count). The van der Waals surface area contributed by atoms with Crippen molar-refractivity contribution in [1.82, 2.24) is 9.80 Å². The Labute approximate surface area is 122 Å². The van der Waals surface area contributed by atoms with Crippen LogP contribution in [0.3, 0.4) is 0 Å². The molecule has 1 aliphatic heterocycles. The summed E-state index contributed by atoms with van der Waals surface area (Å²) in [4.78, 5) is 4.80. The van der Waals surface area contributed by atoms with E-state index in [1.54, 1.807) is 7.11 Å². The molecule has 0 spiro atoms. The summed E-state index contributed by atoms with van der Waals surface area (Å²) in [5, 5.41) is 0. The van der Waals surface area contributed by atoms with Crippen LogP contribution in [0.5, 0.6) is 5.75 Å². The molecule has 1 saturated heterocycles. The summed E-state index contributed by atoms with van der Waals surface area (Å²) >= 11 is 0. The molecule has 0 aromatic heterocycles. The summed E-state index contributed by atoms with van der Waals surface area (Å²) in [6, 6.07) is 6.22. The van der Waals surface area contributed by atoms with E-state index in [4.69, 9.17) is 10.5 Å². The van der Waals surface area contributed by atoms with Gasteiger partial charge in [-0.25, -0.2) is 0 Å². The molecular formula is C16H27N3O. The molecule has 20 heavy (non-hydrogen) atoms. The van der Waals surface area contributed by atoms with Crippen LogP contribution >= 0.6 is 0 Å². The molecule has 1 unspecified atom stereocenters. The Morgan fingerprint density at radius 2 is 2.25 bits per heavy atom. The third-order valence-electron chi connectivity index (χ3n) is 4.08. The third-order valence-corrected chi connectivity index (χ3v) is 4.08. The topological polar surface area (TPSA) is 41.7 Å². The second-order valence-corrected chi connectivity index (χ2v) is 5.96. The van der Waals surface area contributed by atoms with Gasteiger partial charge in [-0.3, -0.25) is 0 Å². The van der Waals surface area contributed by atoms with Crippen molar-refractivity contribution in [2.24, 2.45) is 11.7 Å². The van der Waals surface area contributed by atoms with Crippen molar-refractivity contribution in [2.75, 3.05) is 40.8 Å². The maximum atomic E-state index is 5.73. The maximum absolute atomic E-state index is 5.73.